The van der Waals surface area contributed by atoms with E-state index in [1.165, 1.54) is 11.8 Å². The third kappa shape index (κ3) is 8.69. The molecule has 0 aromatic heterocycles. The van der Waals surface area contributed by atoms with E-state index in [1.807, 2.05) is 0 Å². The van der Waals surface area contributed by atoms with Gasteiger partial charge in [0.25, 0.3) is 0 Å². The fraction of sp³-hybridized carbons (Fsp3) is 0.571. The Labute approximate surface area is 81.7 Å². The number of rotatable bonds is 4. The number of nitrogens with one attached hydrogen (secondary N) is 1. The van der Waals surface area contributed by atoms with Crippen LogP contribution in [0.2, 0.25) is 0 Å². The molecule has 0 saturated carbocycles. The summed E-state index contributed by atoms with van der Waals surface area (Å²) in [5, 5.41) is 15.6. The molecule has 0 unspecified atom stereocenters. The summed E-state index contributed by atoms with van der Waals surface area (Å²) in [5.41, 5.74) is 10.2. The Hall–Kier alpha value is -1.22. The number of unbranched alkanes of at least 4 members (excludes halogenated alkanes) is 2. The Bertz CT molecular complexity index is 226. The Kier molecular flexibility index (Phi) is 6.73. The van der Waals surface area contributed by atoms with Gasteiger partial charge in [-0.1, -0.05) is 11.8 Å². The number of amidine groups is 1. The SMILES string of the molecule is N#CCCCCSC(=N)N=C(N)N. The maximum atomic E-state index is 8.24. The fourth-order valence-corrected chi connectivity index (χ4v) is 1.34. The lowest BCUT2D eigenvalue weighted by Crippen LogP contribution is -2.23. The molecule has 0 atom stereocenters. The molecule has 0 saturated heterocycles. The second-order valence-electron chi connectivity index (χ2n) is 2.31. The highest BCUT2D eigenvalue weighted by atomic mass is 32.2. The highest BCUT2D eigenvalue weighted by Gasteiger charge is 1.95. The second kappa shape index (κ2) is 7.43. The van der Waals surface area contributed by atoms with Gasteiger partial charge in [0.1, 0.15) is 0 Å². The minimum atomic E-state index is -0.0884. The summed E-state index contributed by atoms with van der Waals surface area (Å²) in [5.74, 6) is 0.687. The van der Waals surface area contributed by atoms with Crippen molar-refractivity contribution >= 4 is 22.9 Å². The van der Waals surface area contributed by atoms with E-state index < -0.39 is 0 Å². The number of guanidine groups is 1. The van der Waals surface area contributed by atoms with Gasteiger partial charge in [0, 0.05) is 12.2 Å². The van der Waals surface area contributed by atoms with Crippen molar-refractivity contribution in [2.24, 2.45) is 16.5 Å². The van der Waals surface area contributed by atoms with Crippen molar-refractivity contribution in [1.29, 1.82) is 10.7 Å². The van der Waals surface area contributed by atoms with Crippen molar-refractivity contribution in [3.63, 3.8) is 0 Å². The van der Waals surface area contributed by atoms with Gasteiger partial charge < -0.3 is 11.5 Å². The molecule has 0 amide bonds. The van der Waals surface area contributed by atoms with Crippen LogP contribution >= 0.6 is 11.8 Å². The maximum absolute atomic E-state index is 8.24. The van der Waals surface area contributed by atoms with E-state index in [-0.39, 0.29) is 11.1 Å². The average molecular weight is 199 g/mol. The van der Waals surface area contributed by atoms with Gasteiger partial charge in [-0.2, -0.15) is 10.3 Å². The first-order valence-corrected chi connectivity index (χ1v) is 4.83. The lowest BCUT2D eigenvalue weighted by Gasteiger charge is -1.97. The molecule has 6 heteroatoms. The van der Waals surface area contributed by atoms with Crippen LogP contribution in [0.4, 0.5) is 0 Å². The van der Waals surface area contributed by atoms with Crippen LogP contribution < -0.4 is 11.5 Å². The highest BCUT2D eigenvalue weighted by molar-refractivity contribution is 8.13. The molecule has 0 rings (SSSR count). The summed E-state index contributed by atoms with van der Waals surface area (Å²) in [7, 11) is 0. The summed E-state index contributed by atoms with van der Waals surface area (Å²) >= 11 is 1.28. The Balaban J connectivity index is 3.39. The second-order valence-corrected chi connectivity index (χ2v) is 3.39. The van der Waals surface area contributed by atoms with Crippen LogP contribution in [-0.2, 0) is 0 Å². The molecule has 0 bridgehead atoms. The van der Waals surface area contributed by atoms with Crippen molar-refractivity contribution in [2.75, 3.05) is 5.75 Å². The molecule has 0 aliphatic rings. The van der Waals surface area contributed by atoms with E-state index in [4.69, 9.17) is 22.1 Å². The quantitative estimate of drug-likeness (QED) is 0.350. The van der Waals surface area contributed by atoms with E-state index in [9.17, 15) is 0 Å². The Morgan fingerprint density at radius 1 is 1.46 bits per heavy atom. The van der Waals surface area contributed by atoms with Crippen LogP contribution in [0.1, 0.15) is 19.3 Å². The van der Waals surface area contributed by atoms with Crippen molar-refractivity contribution in [3.05, 3.63) is 0 Å². The lowest BCUT2D eigenvalue weighted by molar-refractivity contribution is 0.831. The van der Waals surface area contributed by atoms with Gasteiger partial charge in [-0.25, -0.2) is 0 Å². The molecule has 0 aliphatic heterocycles. The summed E-state index contributed by atoms with van der Waals surface area (Å²) < 4.78 is 0. The van der Waals surface area contributed by atoms with Crippen LogP contribution in [0.25, 0.3) is 0 Å². The smallest absolute Gasteiger partial charge is 0.193 e. The number of thioether (sulfide) groups is 1. The number of aliphatic imine (C=N–C) groups is 1. The van der Waals surface area contributed by atoms with Crippen LogP contribution in [0.5, 0.6) is 0 Å². The first kappa shape index (κ1) is 11.8. The predicted molar refractivity (Wildman–Crippen MR) is 55.5 cm³/mol. The van der Waals surface area contributed by atoms with Gasteiger partial charge in [-0.05, 0) is 12.8 Å². The third-order valence-electron chi connectivity index (χ3n) is 1.15. The Morgan fingerprint density at radius 3 is 2.69 bits per heavy atom. The van der Waals surface area contributed by atoms with E-state index in [2.05, 4.69) is 11.1 Å². The van der Waals surface area contributed by atoms with E-state index in [1.54, 1.807) is 0 Å². The lowest BCUT2D eigenvalue weighted by atomic mass is 10.3. The summed E-state index contributed by atoms with van der Waals surface area (Å²) in [6.07, 6.45) is 2.33. The van der Waals surface area contributed by atoms with E-state index >= 15 is 0 Å². The molecule has 0 aromatic carbocycles. The molecular weight excluding hydrogens is 186 g/mol. The van der Waals surface area contributed by atoms with Crippen LogP contribution in [-0.4, -0.2) is 16.9 Å². The minimum Gasteiger partial charge on any atom is -0.370 e. The molecule has 72 valence electrons. The van der Waals surface area contributed by atoms with Gasteiger partial charge in [0.15, 0.2) is 11.1 Å². The number of nitrogens with two attached hydrogens (primary N) is 2. The van der Waals surface area contributed by atoms with Crippen LogP contribution in [0.15, 0.2) is 4.99 Å². The van der Waals surface area contributed by atoms with Gasteiger partial charge in [-0.15, -0.1) is 0 Å². The zero-order chi connectivity index (χ0) is 10.1. The van der Waals surface area contributed by atoms with Crippen molar-refractivity contribution < 1.29 is 0 Å². The Morgan fingerprint density at radius 2 is 2.15 bits per heavy atom. The van der Waals surface area contributed by atoms with Gasteiger partial charge in [0.05, 0.1) is 6.07 Å². The average Bonchev–Trinajstić information content (AvgIpc) is 2.02. The molecule has 0 heterocycles. The molecule has 0 radical (unpaired) electrons. The third-order valence-corrected chi connectivity index (χ3v) is 2.01. The predicted octanol–water partition coefficient (Wildman–Crippen LogP) is 0.622. The molecule has 0 aliphatic carbocycles. The summed E-state index contributed by atoms with van der Waals surface area (Å²) in [6.45, 7) is 0. The standard InChI is InChI=1S/C7H13N5S/c8-4-2-1-3-5-13-7(11)12-6(9)10/h1-3,5H2,(H5,9,10,11,12). The van der Waals surface area contributed by atoms with Crippen molar-refractivity contribution in [1.82, 2.24) is 0 Å². The maximum Gasteiger partial charge on any atom is 0.193 e. The van der Waals surface area contributed by atoms with Crippen molar-refractivity contribution in [2.45, 2.75) is 19.3 Å². The molecular formula is C7H13N5S. The van der Waals surface area contributed by atoms with E-state index in [0.29, 0.717) is 6.42 Å². The highest BCUT2D eigenvalue weighted by Crippen LogP contribution is 2.07. The normalized spacial score (nSPS) is 8.85. The number of hydrogen-bond donors (Lipinski definition) is 3. The molecule has 0 fully saturated rings. The first-order chi connectivity index (χ1) is 6.16. The fourth-order valence-electron chi connectivity index (χ4n) is 0.624. The summed E-state index contributed by atoms with van der Waals surface area (Å²) in [6, 6.07) is 2.06. The van der Waals surface area contributed by atoms with Gasteiger partial charge in [-0.3, -0.25) is 5.41 Å². The number of nitriles is 1. The molecule has 0 aromatic rings. The topological polar surface area (TPSA) is 112 Å². The molecule has 0 spiro atoms. The van der Waals surface area contributed by atoms with Crippen LogP contribution in [0, 0.1) is 16.7 Å². The molecule has 5 N–H and O–H groups in total. The van der Waals surface area contributed by atoms with Gasteiger partial charge >= 0.3 is 0 Å². The molecule has 13 heavy (non-hydrogen) atoms. The van der Waals surface area contributed by atoms with Crippen molar-refractivity contribution in [3.8, 4) is 6.07 Å². The monoisotopic (exact) mass is 199 g/mol. The molecule has 5 nitrogen and oxygen atoms in total. The zero-order valence-electron chi connectivity index (χ0n) is 7.29. The van der Waals surface area contributed by atoms with Gasteiger partial charge in [0.2, 0.25) is 0 Å². The van der Waals surface area contributed by atoms with E-state index in [0.717, 1.165) is 18.6 Å². The minimum absolute atomic E-state index is 0.0884. The number of nitrogens with zero attached hydrogens (tertiary/aromatic N) is 2. The van der Waals surface area contributed by atoms with Crippen LogP contribution in [0.3, 0.4) is 0 Å². The summed E-state index contributed by atoms with van der Waals surface area (Å²) in [4.78, 5) is 3.55. The largest absolute Gasteiger partial charge is 0.370 e. The zero-order valence-corrected chi connectivity index (χ0v) is 8.10. The first-order valence-electron chi connectivity index (χ1n) is 3.84. The number of hydrogen-bond acceptors (Lipinski definition) is 3.